The highest BCUT2D eigenvalue weighted by molar-refractivity contribution is 7.12. The molecule has 0 amide bonds. The van der Waals surface area contributed by atoms with E-state index in [1.54, 1.807) is 6.07 Å². The smallest absolute Gasteiger partial charge is 0.330 e. The molecular formula is C14H18O3S. The van der Waals surface area contributed by atoms with E-state index in [2.05, 4.69) is 13.5 Å². The summed E-state index contributed by atoms with van der Waals surface area (Å²) in [6.45, 7) is 5.44. The Hall–Kier alpha value is -1.42. The molecule has 0 spiro atoms. The molecule has 1 aromatic heterocycles. The van der Waals surface area contributed by atoms with E-state index >= 15 is 0 Å². The quantitative estimate of drug-likeness (QED) is 0.312. The normalized spacial score (nSPS) is 11.8. The standard InChI is InChI=1S/C14H18O3S/c1-3-5-6-8-11(17-13(15)4-2)14(16)12-9-7-10-18-12/h4,7,9-11H,2-3,5-6,8H2,1H3. The van der Waals surface area contributed by atoms with Crippen LogP contribution in [0.1, 0.15) is 42.3 Å². The number of carbonyl (C=O) groups excluding carboxylic acids is 2. The Balaban J connectivity index is 2.66. The molecule has 3 nitrogen and oxygen atoms in total. The summed E-state index contributed by atoms with van der Waals surface area (Å²) in [5, 5.41) is 1.84. The molecule has 0 aliphatic carbocycles. The van der Waals surface area contributed by atoms with Crippen LogP contribution in [-0.4, -0.2) is 17.9 Å². The number of Topliss-reactive ketones (excluding diaryl/α,β-unsaturated/α-hetero) is 1. The van der Waals surface area contributed by atoms with Crippen molar-refractivity contribution in [3.05, 3.63) is 35.0 Å². The van der Waals surface area contributed by atoms with E-state index in [0.29, 0.717) is 11.3 Å². The van der Waals surface area contributed by atoms with Crippen molar-refractivity contribution in [1.29, 1.82) is 0 Å². The van der Waals surface area contributed by atoms with Gasteiger partial charge in [0, 0.05) is 6.08 Å². The molecule has 0 aromatic carbocycles. The zero-order chi connectivity index (χ0) is 13.4. The minimum atomic E-state index is -0.680. The highest BCUT2D eigenvalue weighted by atomic mass is 32.1. The number of unbranched alkanes of at least 4 members (excludes halogenated alkanes) is 2. The second-order valence-corrected chi connectivity index (χ2v) is 4.91. The molecule has 4 heteroatoms. The summed E-state index contributed by atoms with van der Waals surface area (Å²) in [7, 11) is 0. The van der Waals surface area contributed by atoms with Crippen molar-refractivity contribution in [3.63, 3.8) is 0 Å². The molecule has 18 heavy (non-hydrogen) atoms. The van der Waals surface area contributed by atoms with Gasteiger partial charge in [0.1, 0.15) is 0 Å². The minimum absolute atomic E-state index is 0.115. The first-order valence-corrected chi connectivity index (χ1v) is 6.97. The van der Waals surface area contributed by atoms with Gasteiger partial charge >= 0.3 is 5.97 Å². The fourth-order valence-corrected chi connectivity index (χ4v) is 2.30. The minimum Gasteiger partial charge on any atom is -0.451 e. The molecule has 0 aliphatic rings. The van der Waals surface area contributed by atoms with Crippen molar-refractivity contribution in [2.45, 2.75) is 38.7 Å². The lowest BCUT2D eigenvalue weighted by atomic mass is 10.1. The van der Waals surface area contributed by atoms with Gasteiger partial charge in [-0.25, -0.2) is 4.79 Å². The van der Waals surface area contributed by atoms with E-state index in [1.165, 1.54) is 11.3 Å². The topological polar surface area (TPSA) is 43.4 Å². The Morgan fingerprint density at radius 2 is 2.28 bits per heavy atom. The maximum Gasteiger partial charge on any atom is 0.330 e. The fraction of sp³-hybridized carbons (Fsp3) is 0.429. The summed E-state index contributed by atoms with van der Waals surface area (Å²) in [6.07, 6.45) is 3.96. The van der Waals surface area contributed by atoms with Gasteiger partial charge in [-0.05, 0) is 24.3 Å². The second-order valence-electron chi connectivity index (χ2n) is 3.97. The van der Waals surface area contributed by atoms with E-state index in [9.17, 15) is 9.59 Å². The summed E-state index contributed by atoms with van der Waals surface area (Å²) in [6, 6.07) is 3.57. The highest BCUT2D eigenvalue weighted by Crippen LogP contribution is 2.17. The predicted octanol–water partition coefficient (Wildman–Crippen LogP) is 3.61. The van der Waals surface area contributed by atoms with Crippen molar-refractivity contribution in [1.82, 2.24) is 0 Å². The lowest BCUT2D eigenvalue weighted by Gasteiger charge is -2.14. The predicted molar refractivity (Wildman–Crippen MR) is 72.9 cm³/mol. The van der Waals surface area contributed by atoms with Crippen molar-refractivity contribution in [2.75, 3.05) is 0 Å². The molecule has 0 N–H and O–H groups in total. The molecule has 0 bridgehead atoms. The van der Waals surface area contributed by atoms with Gasteiger partial charge in [-0.1, -0.05) is 32.4 Å². The Kier molecular flexibility index (Phi) is 6.36. The van der Waals surface area contributed by atoms with Crippen LogP contribution in [0.15, 0.2) is 30.2 Å². The molecular weight excluding hydrogens is 248 g/mol. The van der Waals surface area contributed by atoms with Gasteiger partial charge in [0.05, 0.1) is 4.88 Å². The maximum absolute atomic E-state index is 12.2. The molecule has 98 valence electrons. The zero-order valence-electron chi connectivity index (χ0n) is 10.6. The van der Waals surface area contributed by atoms with Crippen LogP contribution in [0.4, 0.5) is 0 Å². The molecule has 1 atom stereocenters. The Bertz CT molecular complexity index is 395. The van der Waals surface area contributed by atoms with Crippen molar-refractivity contribution < 1.29 is 14.3 Å². The first-order valence-electron chi connectivity index (χ1n) is 6.09. The summed E-state index contributed by atoms with van der Waals surface area (Å²) in [5.41, 5.74) is 0. The average molecular weight is 266 g/mol. The second kappa shape index (κ2) is 7.82. The van der Waals surface area contributed by atoms with E-state index < -0.39 is 12.1 Å². The van der Waals surface area contributed by atoms with Gasteiger partial charge in [0.2, 0.25) is 5.78 Å². The summed E-state index contributed by atoms with van der Waals surface area (Å²) in [4.78, 5) is 24.0. The van der Waals surface area contributed by atoms with Gasteiger partial charge in [-0.3, -0.25) is 4.79 Å². The number of hydrogen-bond donors (Lipinski definition) is 0. The number of rotatable bonds is 8. The number of ether oxygens (including phenoxy) is 1. The van der Waals surface area contributed by atoms with Crippen LogP contribution in [0.3, 0.4) is 0 Å². The lowest BCUT2D eigenvalue weighted by Crippen LogP contribution is -2.26. The van der Waals surface area contributed by atoms with Gasteiger partial charge in [-0.2, -0.15) is 0 Å². The van der Waals surface area contributed by atoms with Gasteiger partial charge in [0.15, 0.2) is 6.10 Å². The number of hydrogen-bond acceptors (Lipinski definition) is 4. The van der Waals surface area contributed by atoms with E-state index in [4.69, 9.17) is 4.74 Å². The third-order valence-corrected chi connectivity index (χ3v) is 3.44. The SMILES string of the molecule is C=CC(=O)OC(CCCCC)C(=O)c1cccs1. The molecule has 1 unspecified atom stereocenters. The van der Waals surface area contributed by atoms with Gasteiger partial charge in [-0.15, -0.1) is 11.3 Å². The molecule has 0 saturated heterocycles. The summed E-state index contributed by atoms with van der Waals surface area (Å²) < 4.78 is 5.13. The monoisotopic (exact) mass is 266 g/mol. The van der Waals surface area contributed by atoms with Crippen LogP contribution in [0.25, 0.3) is 0 Å². The Labute approximate surface area is 111 Å². The van der Waals surface area contributed by atoms with Crippen LogP contribution in [0.2, 0.25) is 0 Å². The van der Waals surface area contributed by atoms with Crippen molar-refractivity contribution in [2.24, 2.45) is 0 Å². The number of esters is 1. The molecule has 0 radical (unpaired) electrons. The van der Waals surface area contributed by atoms with Crippen molar-refractivity contribution >= 4 is 23.1 Å². The molecule has 0 fully saturated rings. The Morgan fingerprint density at radius 1 is 1.50 bits per heavy atom. The Morgan fingerprint density at radius 3 is 2.83 bits per heavy atom. The van der Waals surface area contributed by atoms with Crippen LogP contribution in [0.5, 0.6) is 0 Å². The van der Waals surface area contributed by atoms with Crippen LogP contribution in [0, 0.1) is 0 Å². The molecule has 0 saturated carbocycles. The highest BCUT2D eigenvalue weighted by Gasteiger charge is 2.23. The van der Waals surface area contributed by atoms with E-state index in [0.717, 1.165) is 25.3 Å². The average Bonchev–Trinajstić information content (AvgIpc) is 2.90. The lowest BCUT2D eigenvalue weighted by molar-refractivity contribution is -0.141. The zero-order valence-corrected chi connectivity index (χ0v) is 11.4. The fourth-order valence-electron chi connectivity index (χ4n) is 1.59. The van der Waals surface area contributed by atoms with Crippen LogP contribution < -0.4 is 0 Å². The first-order chi connectivity index (χ1) is 8.69. The van der Waals surface area contributed by atoms with Crippen LogP contribution >= 0.6 is 11.3 Å². The van der Waals surface area contributed by atoms with E-state index in [1.807, 2.05) is 11.4 Å². The number of ketones is 1. The maximum atomic E-state index is 12.2. The van der Waals surface area contributed by atoms with Crippen LogP contribution in [-0.2, 0) is 9.53 Å². The first kappa shape index (κ1) is 14.6. The molecule has 1 aromatic rings. The molecule has 0 aliphatic heterocycles. The molecule has 1 heterocycles. The third-order valence-electron chi connectivity index (χ3n) is 2.55. The van der Waals surface area contributed by atoms with Crippen molar-refractivity contribution in [3.8, 4) is 0 Å². The number of carbonyl (C=O) groups is 2. The third kappa shape index (κ3) is 4.45. The van der Waals surface area contributed by atoms with Gasteiger partial charge in [0.25, 0.3) is 0 Å². The largest absolute Gasteiger partial charge is 0.451 e. The summed E-state index contributed by atoms with van der Waals surface area (Å²) in [5.74, 6) is -0.655. The van der Waals surface area contributed by atoms with Gasteiger partial charge < -0.3 is 4.74 Å². The van der Waals surface area contributed by atoms with E-state index in [-0.39, 0.29) is 5.78 Å². The number of thiophene rings is 1. The molecule has 1 rings (SSSR count). The summed E-state index contributed by atoms with van der Waals surface area (Å²) >= 11 is 1.37.